The number of β-amino-alcohol motifs (C(OH)–C–C–N with tert-alkyl or cyclic N) is 1. The number of nitrogens with one attached hydrogen (secondary N) is 2. The average Bonchev–Trinajstić information content (AvgIpc) is 3.21. The first-order chi connectivity index (χ1) is 15.1. The molecule has 0 amide bonds. The largest absolute Gasteiger partial charge is 0.391 e. The lowest BCUT2D eigenvalue weighted by atomic mass is 10.1. The number of hydrogen-bond donors (Lipinski definition) is 3. The standard InChI is InChI=1S/C22H30N4O4S/c27-19(14-25-6-9-30-10-7-25)15-31-11-8-26-21(28)13-20(24-22(26)29)23-18-5-4-16-2-1-3-17(16)12-18/h4-5,12-13,19,23,27H,1-3,6-11,14-15H2,(H,24,29). The van der Waals surface area contributed by atoms with Crippen LogP contribution in [0.3, 0.4) is 0 Å². The number of aromatic amines is 1. The molecule has 1 aromatic carbocycles. The topological polar surface area (TPSA) is 99.6 Å². The fraction of sp³-hybridized carbons (Fsp3) is 0.545. The summed E-state index contributed by atoms with van der Waals surface area (Å²) < 4.78 is 6.52. The zero-order valence-corrected chi connectivity index (χ0v) is 18.5. The molecule has 1 fully saturated rings. The van der Waals surface area contributed by atoms with Crippen molar-refractivity contribution in [2.24, 2.45) is 0 Å². The molecule has 0 spiro atoms. The number of aryl methyl sites for hydroxylation is 2. The lowest BCUT2D eigenvalue weighted by molar-refractivity contribution is 0.0188. The van der Waals surface area contributed by atoms with E-state index in [2.05, 4.69) is 27.3 Å². The minimum Gasteiger partial charge on any atom is -0.391 e. The molecule has 1 aliphatic carbocycles. The molecule has 0 bridgehead atoms. The summed E-state index contributed by atoms with van der Waals surface area (Å²) in [7, 11) is 0. The van der Waals surface area contributed by atoms with Crippen LogP contribution >= 0.6 is 11.8 Å². The van der Waals surface area contributed by atoms with Gasteiger partial charge < -0.3 is 15.2 Å². The number of rotatable bonds is 9. The molecule has 3 N–H and O–H groups in total. The van der Waals surface area contributed by atoms with Crippen LogP contribution in [0.2, 0.25) is 0 Å². The van der Waals surface area contributed by atoms with Crippen molar-refractivity contribution >= 4 is 23.3 Å². The van der Waals surface area contributed by atoms with E-state index in [1.54, 1.807) is 11.8 Å². The summed E-state index contributed by atoms with van der Waals surface area (Å²) in [5.74, 6) is 1.56. The Labute approximate surface area is 185 Å². The Bertz CT molecular complexity index is 968. The van der Waals surface area contributed by atoms with Crippen LogP contribution in [0.4, 0.5) is 11.5 Å². The van der Waals surface area contributed by atoms with Gasteiger partial charge in [-0.2, -0.15) is 11.8 Å². The van der Waals surface area contributed by atoms with E-state index < -0.39 is 11.8 Å². The second-order valence-corrected chi connectivity index (χ2v) is 9.23. The molecule has 8 nitrogen and oxygen atoms in total. The quantitative estimate of drug-likeness (QED) is 0.498. The normalized spacial score (nSPS) is 17.5. The Morgan fingerprint density at radius 1 is 1.16 bits per heavy atom. The van der Waals surface area contributed by atoms with Crippen LogP contribution in [0.15, 0.2) is 33.9 Å². The van der Waals surface area contributed by atoms with Gasteiger partial charge in [0.1, 0.15) is 5.82 Å². The molecular formula is C22H30N4O4S. The number of thioether (sulfide) groups is 1. The molecule has 4 rings (SSSR count). The lowest BCUT2D eigenvalue weighted by Gasteiger charge is -2.28. The molecule has 2 aliphatic rings. The van der Waals surface area contributed by atoms with Crippen molar-refractivity contribution in [2.45, 2.75) is 31.9 Å². The summed E-state index contributed by atoms with van der Waals surface area (Å²) in [5, 5.41) is 13.3. The highest BCUT2D eigenvalue weighted by Gasteiger charge is 2.15. The summed E-state index contributed by atoms with van der Waals surface area (Å²) in [6.07, 6.45) is 2.93. The average molecular weight is 447 g/mol. The van der Waals surface area contributed by atoms with Crippen LogP contribution in [-0.2, 0) is 24.1 Å². The highest BCUT2D eigenvalue weighted by Crippen LogP contribution is 2.25. The Balaban J connectivity index is 1.27. The number of morpholine rings is 1. The van der Waals surface area contributed by atoms with E-state index >= 15 is 0 Å². The predicted octanol–water partition coefficient (Wildman–Crippen LogP) is 1.20. The molecule has 0 saturated carbocycles. The minimum atomic E-state index is -0.433. The van der Waals surface area contributed by atoms with Gasteiger partial charge >= 0.3 is 5.69 Å². The smallest absolute Gasteiger partial charge is 0.329 e. The third kappa shape index (κ3) is 6.00. The number of anilines is 2. The minimum absolute atomic E-state index is 0.308. The fourth-order valence-electron chi connectivity index (χ4n) is 4.11. The van der Waals surface area contributed by atoms with Gasteiger partial charge in [-0.15, -0.1) is 0 Å². The zero-order valence-electron chi connectivity index (χ0n) is 17.6. The maximum Gasteiger partial charge on any atom is 0.329 e. The second kappa shape index (κ2) is 10.5. The van der Waals surface area contributed by atoms with Gasteiger partial charge in [0.15, 0.2) is 0 Å². The van der Waals surface area contributed by atoms with Crippen LogP contribution in [0.25, 0.3) is 0 Å². The molecule has 2 aromatic rings. The Hall–Kier alpha value is -2.07. The van der Waals surface area contributed by atoms with Crippen molar-refractivity contribution < 1.29 is 9.84 Å². The number of ether oxygens (including phenoxy) is 1. The van der Waals surface area contributed by atoms with E-state index in [0.717, 1.165) is 31.6 Å². The SMILES string of the molecule is O=c1cc(Nc2ccc3c(c2)CCC3)[nH]c(=O)n1CCSCC(O)CN1CCOCC1. The third-order valence-corrected chi connectivity index (χ3v) is 6.83. The number of aliphatic hydroxyl groups is 1. The molecule has 31 heavy (non-hydrogen) atoms. The zero-order chi connectivity index (χ0) is 21.6. The number of hydrogen-bond acceptors (Lipinski definition) is 7. The molecule has 1 atom stereocenters. The number of fused-ring (bicyclic) bond motifs is 1. The van der Waals surface area contributed by atoms with E-state index in [1.165, 1.54) is 28.2 Å². The molecule has 1 saturated heterocycles. The first-order valence-corrected chi connectivity index (χ1v) is 12.0. The van der Waals surface area contributed by atoms with Crippen LogP contribution < -0.4 is 16.6 Å². The number of H-pyrrole nitrogens is 1. The molecular weight excluding hydrogens is 416 g/mol. The van der Waals surface area contributed by atoms with Crippen molar-refractivity contribution in [3.05, 3.63) is 56.2 Å². The Kier molecular flexibility index (Phi) is 7.49. The van der Waals surface area contributed by atoms with Crippen molar-refractivity contribution in [3.8, 4) is 0 Å². The van der Waals surface area contributed by atoms with Crippen LogP contribution in [0.5, 0.6) is 0 Å². The summed E-state index contributed by atoms with van der Waals surface area (Å²) in [6, 6.07) is 7.60. The first kappa shape index (κ1) is 22.1. The van der Waals surface area contributed by atoms with E-state index in [9.17, 15) is 14.7 Å². The van der Waals surface area contributed by atoms with Gasteiger partial charge in [0, 0.05) is 49.4 Å². The van der Waals surface area contributed by atoms with Crippen LogP contribution in [0, 0.1) is 0 Å². The van der Waals surface area contributed by atoms with Crippen LogP contribution in [-0.4, -0.2) is 70.0 Å². The van der Waals surface area contributed by atoms with Gasteiger partial charge in [-0.1, -0.05) is 6.07 Å². The molecule has 9 heteroatoms. The lowest BCUT2D eigenvalue weighted by Crippen LogP contribution is -2.41. The number of benzene rings is 1. The molecule has 1 aliphatic heterocycles. The summed E-state index contributed by atoms with van der Waals surface area (Å²) in [6.45, 7) is 4.05. The summed E-state index contributed by atoms with van der Waals surface area (Å²) >= 11 is 1.54. The molecule has 0 radical (unpaired) electrons. The molecule has 1 unspecified atom stereocenters. The van der Waals surface area contributed by atoms with E-state index in [4.69, 9.17) is 4.74 Å². The molecule has 2 heterocycles. The third-order valence-electron chi connectivity index (χ3n) is 5.74. The maximum absolute atomic E-state index is 12.5. The number of aromatic nitrogens is 2. The van der Waals surface area contributed by atoms with Crippen molar-refractivity contribution in [2.75, 3.05) is 49.7 Å². The van der Waals surface area contributed by atoms with Crippen LogP contribution in [0.1, 0.15) is 17.5 Å². The number of aliphatic hydroxyl groups excluding tert-OH is 1. The molecule has 168 valence electrons. The fourth-order valence-corrected chi connectivity index (χ4v) is 4.97. The van der Waals surface area contributed by atoms with Crippen molar-refractivity contribution in [3.63, 3.8) is 0 Å². The van der Waals surface area contributed by atoms with Crippen molar-refractivity contribution in [1.29, 1.82) is 0 Å². The summed E-state index contributed by atoms with van der Waals surface area (Å²) in [4.78, 5) is 29.8. The van der Waals surface area contributed by atoms with Gasteiger partial charge in [0.2, 0.25) is 0 Å². The highest BCUT2D eigenvalue weighted by molar-refractivity contribution is 7.99. The highest BCUT2D eigenvalue weighted by atomic mass is 32.2. The van der Waals surface area contributed by atoms with Gasteiger partial charge in [0.25, 0.3) is 5.56 Å². The number of nitrogens with zero attached hydrogens (tertiary/aromatic N) is 2. The Morgan fingerprint density at radius 3 is 2.77 bits per heavy atom. The molecule has 1 aromatic heterocycles. The van der Waals surface area contributed by atoms with Crippen molar-refractivity contribution in [1.82, 2.24) is 14.5 Å². The van der Waals surface area contributed by atoms with E-state index in [-0.39, 0.29) is 5.56 Å². The van der Waals surface area contributed by atoms with E-state index in [1.807, 2.05) is 6.07 Å². The predicted molar refractivity (Wildman–Crippen MR) is 124 cm³/mol. The second-order valence-electron chi connectivity index (χ2n) is 8.08. The Morgan fingerprint density at radius 2 is 1.97 bits per heavy atom. The maximum atomic E-state index is 12.5. The van der Waals surface area contributed by atoms with Gasteiger partial charge in [0.05, 0.1) is 19.3 Å². The summed E-state index contributed by atoms with van der Waals surface area (Å²) in [5.41, 5.74) is 2.82. The first-order valence-electron chi connectivity index (χ1n) is 10.9. The van der Waals surface area contributed by atoms with Gasteiger partial charge in [-0.05, 0) is 42.5 Å². The van der Waals surface area contributed by atoms with Gasteiger partial charge in [-0.3, -0.25) is 19.2 Å². The van der Waals surface area contributed by atoms with Gasteiger partial charge in [-0.25, -0.2) is 4.79 Å². The monoisotopic (exact) mass is 446 g/mol. The van der Waals surface area contributed by atoms with E-state index in [0.29, 0.717) is 43.6 Å².